The fourth-order valence-corrected chi connectivity index (χ4v) is 5.08. The average molecular weight is 522 g/mol. The lowest BCUT2D eigenvalue weighted by Crippen LogP contribution is -2.63. The molecule has 1 saturated carbocycles. The molecule has 0 spiro atoms. The van der Waals surface area contributed by atoms with Gasteiger partial charge in [0.2, 0.25) is 11.8 Å². The topological polar surface area (TPSA) is 117 Å². The molecule has 1 saturated heterocycles. The Bertz CT molecular complexity index is 1130. The molecule has 0 bridgehead atoms. The molecule has 4 N–H and O–H groups in total. The third-order valence-corrected chi connectivity index (χ3v) is 7.83. The first-order valence-electron chi connectivity index (χ1n) is 13.4. The van der Waals surface area contributed by atoms with Crippen molar-refractivity contribution in [1.29, 1.82) is 0 Å². The molecule has 38 heavy (non-hydrogen) atoms. The molecule has 2 amide bonds. The molecular weight excluding hydrogens is 482 g/mol. The Morgan fingerprint density at radius 3 is 2.18 bits per heavy atom. The summed E-state index contributed by atoms with van der Waals surface area (Å²) in [7, 11) is 1.58. The zero-order valence-electron chi connectivity index (χ0n) is 22.5. The zero-order chi connectivity index (χ0) is 27.3. The number of carbonyl (C=O) groups is 3. The summed E-state index contributed by atoms with van der Waals surface area (Å²) >= 11 is 0. The van der Waals surface area contributed by atoms with Gasteiger partial charge in [-0.05, 0) is 68.8 Å². The number of carbonyl (C=O) groups excluding carboxylic acids is 3. The van der Waals surface area contributed by atoms with Gasteiger partial charge in [-0.2, -0.15) is 0 Å². The van der Waals surface area contributed by atoms with Crippen molar-refractivity contribution in [3.8, 4) is 5.75 Å². The highest BCUT2D eigenvalue weighted by Crippen LogP contribution is 2.46. The van der Waals surface area contributed by atoms with Gasteiger partial charge in [0.1, 0.15) is 17.8 Å². The number of hydrogen-bond acceptors (Lipinski definition) is 6. The molecule has 2 aliphatic rings. The summed E-state index contributed by atoms with van der Waals surface area (Å²) in [4.78, 5) is 40.4. The van der Waals surface area contributed by atoms with Crippen LogP contribution in [0.1, 0.15) is 50.7 Å². The lowest BCUT2D eigenvalue weighted by molar-refractivity contribution is -0.136. The number of amides is 2. The van der Waals surface area contributed by atoms with E-state index in [-0.39, 0.29) is 12.2 Å². The average Bonchev–Trinajstić information content (AvgIpc) is 3.66. The summed E-state index contributed by atoms with van der Waals surface area (Å²) in [5.41, 5.74) is 0.130. The van der Waals surface area contributed by atoms with Gasteiger partial charge in [-0.25, -0.2) is 0 Å². The van der Waals surface area contributed by atoms with Crippen molar-refractivity contribution in [3.63, 3.8) is 0 Å². The molecule has 0 aromatic heterocycles. The predicted octanol–water partition coefficient (Wildman–Crippen LogP) is 2.32. The zero-order valence-corrected chi connectivity index (χ0v) is 22.5. The van der Waals surface area contributed by atoms with E-state index in [1.807, 2.05) is 49.4 Å². The summed E-state index contributed by atoms with van der Waals surface area (Å²) in [5, 5.41) is 19.7. The number of benzene rings is 2. The van der Waals surface area contributed by atoms with Gasteiger partial charge >= 0.3 is 0 Å². The maximum Gasteiger partial charge on any atom is 0.243 e. The van der Waals surface area contributed by atoms with Crippen molar-refractivity contribution in [3.05, 3.63) is 65.7 Å². The number of piperidine rings is 1. The minimum Gasteiger partial charge on any atom is -0.497 e. The summed E-state index contributed by atoms with van der Waals surface area (Å²) in [6.07, 6.45) is 3.46. The molecule has 2 aromatic carbocycles. The van der Waals surface area contributed by atoms with Crippen molar-refractivity contribution in [2.24, 2.45) is 5.41 Å². The maximum absolute atomic E-state index is 13.7. The van der Waals surface area contributed by atoms with Crippen LogP contribution < -0.4 is 20.7 Å². The monoisotopic (exact) mass is 521 g/mol. The second-order valence-corrected chi connectivity index (χ2v) is 11.1. The SMILES string of the molecule is COc1ccc(CC(NC(=O)C2NCCCC2(C)O)C(=O)NC(Cc2ccccc2)C(=O)C2(C)CC2)cc1. The highest BCUT2D eigenvalue weighted by Gasteiger charge is 2.48. The maximum atomic E-state index is 13.7. The quantitative estimate of drug-likeness (QED) is 0.361. The molecule has 8 nitrogen and oxygen atoms in total. The van der Waals surface area contributed by atoms with E-state index >= 15 is 0 Å². The van der Waals surface area contributed by atoms with Gasteiger partial charge in [-0.15, -0.1) is 0 Å². The highest BCUT2D eigenvalue weighted by atomic mass is 16.5. The van der Waals surface area contributed by atoms with Crippen LogP contribution in [0.3, 0.4) is 0 Å². The highest BCUT2D eigenvalue weighted by molar-refractivity contribution is 5.97. The van der Waals surface area contributed by atoms with Crippen LogP contribution in [0, 0.1) is 5.41 Å². The summed E-state index contributed by atoms with van der Waals surface area (Å²) in [6, 6.07) is 14.4. The molecule has 4 unspecified atom stereocenters. The minimum absolute atomic E-state index is 0.0149. The number of aliphatic hydroxyl groups is 1. The standard InChI is InChI=1S/C30H39N3O5/c1-29(15-16-29)26(34)23(18-20-8-5-4-6-9-20)32-27(35)24(19-21-10-12-22(38-3)13-11-21)33-28(36)25-30(2,37)14-7-17-31-25/h4-6,8-13,23-25,31,37H,7,14-19H2,1-3H3,(H,32,35)(H,33,36). The van der Waals surface area contributed by atoms with Gasteiger partial charge in [0.25, 0.3) is 0 Å². The van der Waals surface area contributed by atoms with Crippen LogP contribution in [-0.2, 0) is 27.2 Å². The molecule has 2 fully saturated rings. The van der Waals surface area contributed by atoms with Crippen molar-refractivity contribution in [1.82, 2.24) is 16.0 Å². The van der Waals surface area contributed by atoms with Gasteiger partial charge < -0.3 is 25.8 Å². The molecule has 0 radical (unpaired) electrons. The molecule has 1 heterocycles. The van der Waals surface area contributed by atoms with Crippen molar-refractivity contribution in [2.45, 2.75) is 76.1 Å². The third-order valence-electron chi connectivity index (χ3n) is 7.83. The molecule has 204 valence electrons. The van der Waals surface area contributed by atoms with Gasteiger partial charge in [0, 0.05) is 11.8 Å². The van der Waals surface area contributed by atoms with E-state index in [0.29, 0.717) is 25.1 Å². The van der Waals surface area contributed by atoms with Gasteiger partial charge in [-0.3, -0.25) is 14.4 Å². The Balaban J connectivity index is 1.55. The third kappa shape index (κ3) is 6.79. The number of methoxy groups -OCH3 is 1. The molecule has 8 heteroatoms. The lowest BCUT2D eigenvalue weighted by atomic mass is 9.87. The Hall–Kier alpha value is -3.23. The van der Waals surface area contributed by atoms with Crippen LogP contribution in [0.5, 0.6) is 5.75 Å². The Morgan fingerprint density at radius 2 is 1.58 bits per heavy atom. The Morgan fingerprint density at radius 1 is 0.947 bits per heavy atom. The number of hydrogen-bond donors (Lipinski definition) is 4. The largest absolute Gasteiger partial charge is 0.497 e. The summed E-state index contributed by atoms with van der Waals surface area (Å²) < 4.78 is 5.24. The van der Waals surface area contributed by atoms with E-state index in [0.717, 1.165) is 30.4 Å². The van der Waals surface area contributed by atoms with E-state index in [4.69, 9.17) is 4.74 Å². The first kappa shape index (κ1) is 27.8. The molecule has 2 aromatic rings. The number of ketones is 1. The molecule has 1 aliphatic carbocycles. The second kappa shape index (κ2) is 11.7. The van der Waals surface area contributed by atoms with Crippen molar-refractivity contribution >= 4 is 17.6 Å². The van der Waals surface area contributed by atoms with Crippen molar-refractivity contribution in [2.75, 3.05) is 13.7 Å². The Kier molecular flexibility index (Phi) is 8.53. The molecule has 1 aliphatic heterocycles. The van der Waals surface area contributed by atoms with Crippen LogP contribution in [0.15, 0.2) is 54.6 Å². The smallest absolute Gasteiger partial charge is 0.243 e. The number of rotatable bonds is 11. The predicted molar refractivity (Wildman–Crippen MR) is 145 cm³/mol. The van der Waals surface area contributed by atoms with Crippen molar-refractivity contribution < 1.29 is 24.2 Å². The number of Topliss-reactive ketones (excluding diaryl/α,β-unsaturated/α-hetero) is 1. The molecular formula is C30H39N3O5. The second-order valence-electron chi connectivity index (χ2n) is 11.1. The van der Waals surface area contributed by atoms with Crippen LogP contribution in [0.2, 0.25) is 0 Å². The molecule has 4 atom stereocenters. The van der Waals surface area contributed by atoms with E-state index in [2.05, 4.69) is 16.0 Å². The first-order chi connectivity index (χ1) is 18.1. The van der Waals surface area contributed by atoms with Crippen LogP contribution >= 0.6 is 0 Å². The van der Waals surface area contributed by atoms with Gasteiger partial charge in [0.15, 0.2) is 5.78 Å². The van der Waals surface area contributed by atoms with E-state index < -0.39 is 41.0 Å². The molecule has 4 rings (SSSR count). The minimum atomic E-state index is -1.23. The number of ether oxygens (including phenoxy) is 1. The normalized spacial score (nSPS) is 23.5. The van der Waals surface area contributed by atoms with Gasteiger partial charge in [0.05, 0.1) is 18.8 Å². The number of nitrogens with one attached hydrogen (secondary N) is 3. The van der Waals surface area contributed by atoms with E-state index in [1.165, 1.54) is 0 Å². The summed E-state index contributed by atoms with van der Waals surface area (Å²) in [6.45, 7) is 4.18. The van der Waals surface area contributed by atoms with E-state index in [1.54, 1.807) is 26.2 Å². The van der Waals surface area contributed by atoms with Crippen LogP contribution in [0.4, 0.5) is 0 Å². The van der Waals surface area contributed by atoms with Crippen LogP contribution in [-0.4, -0.2) is 60.1 Å². The van der Waals surface area contributed by atoms with E-state index in [9.17, 15) is 19.5 Å². The Labute approximate surface area is 224 Å². The van der Waals surface area contributed by atoms with Crippen LogP contribution in [0.25, 0.3) is 0 Å². The fraction of sp³-hybridized carbons (Fsp3) is 0.500. The fourth-order valence-electron chi connectivity index (χ4n) is 5.08. The lowest BCUT2D eigenvalue weighted by Gasteiger charge is -2.37. The van der Waals surface area contributed by atoms with Gasteiger partial charge in [-0.1, -0.05) is 49.4 Å². The first-order valence-corrected chi connectivity index (χ1v) is 13.4. The summed E-state index contributed by atoms with van der Waals surface area (Å²) in [5.74, 6) is -0.167.